The van der Waals surface area contributed by atoms with Gasteiger partial charge in [-0.05, 0) is 19.1 Å². The van der Waals surface area contributed by atoms with E-state index in [9.17, 15) is 22.8 Å². The van der Waals surface area contributed by atoms with Crippen LogP contribution in [-0.4, -0.2) is 38.5 Å². The molecule has 0 N–H and O–H groups in total. The van der Waals surface area contributed by atoms with E-state index in [-0.39, 0.29) is 10.5 Å². The molecule has 0 saturated carbocycles. The summed E-state index contributed by atoms with van der Waals surface area (Å²) >= 11 is 0. The van der Waals surface area contributed by atoms with Crippen LogP contribution in [0.25, 0.3) is 0 Å². The van der Waals surface area contributed by atoms with Crippen molar-refractivity contribution in [3.8, 4) is 0 Å². The third-order valence-electron chi connectivity index (χ3n) is 3.41. The molecule has 9 heteroatoms. The largest absolute Gasteiger partial charge is 0.465 e. The highest BCUT2D eigenvalue weighted by atomic mass is 32.2. The first kappa shape index (κ1) is 18.4. The van der Waals surface area contributed by atoms with Crippen LogP contribution in [-0.2, 0) is 19.5 Å². The lowest BCUT2D eigenvalue weighted by molar-refractivity contribution is 0.0554. The molecule has 0 unspecified atom stereocenters. The Hall–Kier alpha value is -2.94. The fraction of sp³-hybridized carbons (Fsp3) is 0.188. The van der Waals surface area contributed by atoms with Crippen LogP contribution in [0.3, 0.4) is 0 Å². The lowest BCUT2D eigenvalue weighted by Gasteiger charge is -2.11. The highest BCUT2D eigenvalue weighted by Gasteiger charge is 2.25. The number of hydrogen-bond donors (Lipinski definition) is 0. The first-order valence-electron chi connectivity index (χ1n) is 6.98. The quantitative estimate of drug-likeness (QED) is 0.743. The number of aromatic nitrogens is 1. The van der Waals surface area contributed by atoms with Gasteiger partial charge in [0.1, 0.15) is 0 Å². The van der Waals surface area contributed by atoms with Gasteiger partial charge in [-0.1, -0.05) is 17.7 Å². The molecule has 0 aliphatic rings. The van der Waals surface area contributed by atoms with Gasteiger partial charge in [-0.25, -0.2) is 22.0 Å². The maximum atomic E-state index is 12.7. The van der Waals surface area contributed by atoms with Crippen molar-refractivity contribution in [3.63, 3.8) is 0 Å². The first-order valence-corrected chi connectivity index (χ1v) is 8.42. The number of carbonyl (C=O) groups excluding carboxylic acids is 2. The molecule has 2 rings (SSSR count). The molecule has 0 amide bonds. The molecule has 1 aromatic carbocycles. The average Bonchev–Trinajstić information content (AvgIpc) is 2.60. The van der Waals surface area contributed by atoms with E-state index in [1.54, 1.807) is 19.1 Å². The minimum atomic E-state index is -4.26. The van der Waals surface area contributed by atoms with Gasteiger partial charge >= 0.3 is 11.9 Å². The van der Waals surface area contributed by atoms with Gasteiger partial charge < -0.3 is 9.47 Å². The summed E-state index contributed by atoms with van der Waals surface area (Å²) in [7, 11) is -2.13. The van der Waals surface area contributed by atoms with E-state index in [2.05, 4.69) is 9.47 Å². The zero-order valence-electron chi connectivity index (χ0n) is 13.7. The molecule has 0 fully saturated rings. The molecule has 2 aromatic rings. The molecular formula is C16H15NO7S. The minimum absolute atomic E-state index is 0.137. The van der Waals surface area contributed by atoms with Gasteiger partial charge in [0.05, 0.1) is 30.2 Å². The highest BCUT2D eigenvalue weighted by Crippen LogP contribution is 2.16. The van der Waals surface area contributed by atoms with Crippen LogP contribution in [0.1, 0.15) is 26.3 Å². The second kappa shape index (κ2) is 6.89. The van der Waals surface area contributed by atoms with Gasteiger partial charge in [0.15, 0.2) is 0 Å². The van der Waals surface area contributed by atoms with Gasteiger partial charge in [-0.2, -0.15) is 0 Å². The summed E-state index contributed by atoms with van der Waals surface area (Å²) in [4.78, 5) is 35.7. The van der Waals surface area contributed by atoms with Crippen LogP contribution in [0.2, 0.25) is 0 Å². The number of rotatable bonds is 4. The van der Waals surface area contributed by atoms with Crippen LogP contribution in [0.15, 0.2) is 46.2 Å². The highest BCUT2D eigenvalue weighted by molar-refractivity contribution is 7.90. The second-order valence-electron chi connectivity index (χ2n) is 5.04. The molecule has 1 aromatic heterocycles. The lowest BCUT2D eigenvalue weighted by Crippen LogP contribution is -2.30. The predicted molar refractivity (Wildman–Crippen MR) is 87.1 cm³/mol. The topological polar surface area (TPSA) is 109 Å². The van der Waals surface area contributed by atoms with Gasteiger partial charge in [-0.15, -0.1) is 0 Å². The summed E-state index contributed by atoms with van der Waals surface area (Å²) in [6, 6.07) is 6.54. The predicted octanol–water partition coefficient (Wildman–Crippen LogP) is 0.967. The molecule has 0 atom stereocenters. The van der Waals surface area contributed by atoms with Gasteiger partial charge in [0.25, 0.3) is 15.6 Å². The molecule has 0 radical (unpaired) electrons. The summed E-state index contributed by atoms with van der Waals surface area (Å²) in [6.07, 6.45) is 0.760. The van der Waals surface area contributed by atoms with E-state index < -0.39 is 33.1 Å². The molecule has 132 valence electrons. The monoisotopic (exact) mass is 365 g/mol. The van der Waals surface area contributed by atoms with Crippen LogP contribution in [0.5, 0.6) is 0 Å². The Kier molecular flexibility index (Phi) is 5.07. The first-order chi connectivity index (χ1) is 11.7. The van der Waals surface area contributed by atoms with E-state index >= 15 is 0 Å². The number of ether oxygens (including phenoxy) is 2. The zero-order chi connectivity index (χ0) is 18.8. The zero-order valence-corrected chi connectivity index (χ0v) is 14.5. The summed E-state index contributed by atoms with van der Waals surface area (Å²) < 4.78 is 34.8. The number of esters is 2. The standard InChI is InChI=1S/C16H15NO7S/c1-10-4-6-11(7-5-10)25(21,22)17-9-13(16(20)24-3)12(8-14(17)18)15(19)23-2/h4-9H,1-3H3. The van der Waals surface area contributed by atoms with Crippen molar-refractivity contribution in [1.29, 1.82) is 0 Å². The number of nitrogens with zero attached hydrogens (tertiary/aromatic N) is 1. The molecule has 0 aliphatic carbocycles. The van der Waals surface area contributed by atoms with Crippen LogP contribution < -0.4 is 5.56 Å². The molecule has 0 aliphatic heterocycles. The Balaban J connectivity index is 2.74. The van der Waals surface area contributed by atoms with Crippen molar-refractivity contribution in [3.05, 3.63) is 63.6 Å². The van der Waals surface area contributed by atoms with Crippen molar-refractivity contribution in [2.75, 3.05) is 14.2 Å². The van der Waals surface area contributed by atoms with Gasteiger partial charge in [0.2, 0.25) is 0 Å². The fourth-order valence-corrected chi connectivity index (χ4v) is 3.32. The van der Waals surface area contributed by atoms with Gasteiger partial charge in [-0.3, -0.25) is 4.79 Å². The second-order valence-corrected chi connectivity index (χ2v) is 6.85. The van der Waals surface area contributed by atoms with E-state index in [0.29, 0.717) is 3.97 Å². The number of methoxy groups -OCH3 is 2. The normalized spacial score (nSPS) is 11.0. The Labute approximate surface area is 143 Å². The number of carbonyl (C=O) groups is 2. The molecular weight excluding hydrogens is 350 g/mol. The summed E-state index contributed by atoms with van der Waals surface area (Å²) in [6.45, 7) is 1.78. The maximum absolute atomic E-state index is 12.7. The van der Waals surface area contributed by atoms with E-state index in [1.165, 1.54) is 12.1 Å². The molecule has 0 spiro atoms. The third-order valence-corrected chi connectivity index (χ3v) is 5.08. The number of pyridine rings is 1. The summed E-state index contributed by atoms with van der Waals surface area (Å²) in [5.41, 5.74) is -0.949. The average molecular weight is 365 g/mol. The molecule has 8 nitrogen and oxygen atoms in total. The lowest BCUT2D eigenvalue weighted by atomic mass is 10.1. The fourth-order valence-electron chi connectivity index (χ4n) is 2.08. The van der Waals surface area contributed by atoms with Crippen LogP contribution in [0, 0.1) is 6.92 Å². The molecule has 0 bridgehead atoms. The molecule has 25 heavy (non-hydrogen) atoms. The van der Waals surface area contributed by atoms with Crippen molar-refractivity contribution in [1.82, 2.24) is 3.97 Å². The van der Waals surface area contributed by atoms with Crippen molar-refractivity contribution in [2.24, 2.45) is 0 Å². The van der Waals surface area contributed by atoms with Crippen LogP contribution in [0.4, 0.5) is 0 Å². The molecule has 0 saturated heterocycles. The SMILES string of the molecule is COC(=O)c1cc(=O)n(S(=O)(=O)c2ccc(C)cc2)cc1C(=O)OC. The third kappa shape index (κ3) is 3.45. The van der Waals surface area contributed by atoms with Crippen LogP contribution >= 0.6 is 0 Å². The smallest absolute Gasteiger partial charge is 0.340 e. The number of aryl methyl sites for hydroxylation is 1. The summed E-state index contributed by atoms with van der Waals surface area (Å²) in [5.74, 6) is -1.94. The Bertz CT molecular complexity index is 988. The number of hydrogen-bond acceptors (Lipinski definition) is 7. The van der Waals surface area contributed by atoms with E-state index in [1.807, 2.05) is 0 Å². The van der Waals surface area contributed by atoms with E-state index in [0.717, 1.165) is 32.0 Å². The Morgan fingerprint density at radius 2 is 1.48 bits per heavy atom. The van der Waals surface area contributed by atoms with E-state index in [4.69, 9.17) is 0 Å². The maximum Gasteiger partial charge on any atom is 0.340 e. The van der Waals surface area contributed by atoms with Crippen molar-refractivity contribution in [2.45, 2.75) is 11.8 Å². The summed E-state index contributed by atoms with van der Waals surface area (Å²) in [5, 5.41) is 0. The van der Waals surface area contributed by atoms with Crippen molar-refractivity contribution >= 4 is 22.0 Å². The Morgan fingerprint density at radius 1 is 0.960 bits per heavy atom. The Morgan fingerprint density at radius 3 is 2.00 bits per heavy atom. The number of benzene rings is 1. The van der Waals surface area contributed by atoms with Crippen molar-refractivity contribution < 1.29 is 27.5 Å². The van der Waals surface area contributed by atoms with Gasteiger partial charge in [0, 0.05) is 12.3 Å². The minimum Gasteiger partial charge on any atom is -0.465 e. The molecule has 1 heterocycles.